The third-order valence-corrected chi connectivity index (χ3v) is 5.34. The van der Waals surface area contributed by atoms with Crippen LogP contribution in [0, 0.1) is 11.6 Å². The first kappa shape index (κ1) is 21.7. The van der Waals surface area contributed by atoms with Gasteiger partial charge in [0.1, 0.15) is 17.2 Å². The average Bonchev–Trinajstić information content (AvgIpc) is 3.52. The molecule has 10 heteroatoms. The molecule has 0 amide bonds. The predicted molar refractivity (Wildman–Crippen MR) is 117 cm³/mol. The van der Waals surface area contributed by atoms with Gasteiger partial charge in [0, 0.05) is 36.5 Å². The van der Waals surface area contributed by atoms with Gasteiger partial charge in [-0.05, 0) is 31.9 Å². The first-order valence-corrected chi connectivity index (χ1v) is 10.3. The minimum atomic E-state index is -1.06. The SMILES string of the molecule is CCOC(=O)c1cc(=O)c2c(C3(N)CC3)c(F)c(NCCNc3ccccn3)c(F)c2[nH]1. The maximum atomic E-state index is 15.4. The van der Waals surface area contributed by atoms with Crippen molar-refractivity contribution < 1.29 is 18.3 Å². The molecule has 2 heterocycles. The van der Waals surface area contributed by atoms with E-state index in [1.54, 1.807) is 25.3 Å². The summed E-state index contributed by atoms with van der Waals surface area (Å²) in [5.41, 5.74) is 3.52. The number of rotatable bonds is 8. The van der Waals surface area contributed by atoms with Crippen molar-refractivity contribution in [1.29, 1.82) is 0 Å². The lowest BCUT2D eigenvalue weighted by molar-refractivity contribution is 0.0520. The normalized spacial score (nSPS) is 14.2. The Bertz CT molecular complexity index is 1230. The van der Waals surface area contributed by atoms with E-state index >= 15 is 8.78 Å². The number of aromatic amines is 1. The quantitative estimate of drug-likeness (QED) is 0.312. The monoisotopic (exact) mass is 443 g/mol. The highest BCUT2D eigenvalue weighted by atomic mass is 19.1. The van der Waals surface area contributed by atoms with E-state index in [4.69, 9.17) is 10.5 Å². The van der Waals surface area contributed by atoms with Crippen LogP contribution in [0.2, 0.25) is 0 Å². The van der Waals surface area contributed by atoms with Gasteiger partial charge in [0.15, 0.2) is 17.1 Å². The third kappa shape index (κ3) is 4.01. The van der Waals surface area contributed by atoms with Gasteiger partial charge in [-0.25, -0.2) is 18.6 Å². The third-order valence-electron chi connectivity index (χ3n) is 5.34. The zero-order chi connectivity index (χ0) is 22.9. The number of carbonyl (C=O) groups excluding carboxylic acids is 1. The van der Waals surface area contributed by atoms with E-state index in [1.165, 1.54) is 0 Å². The van der Waals surface area contributed by atoms with E-state index in [2.05, 4.69) is 20.6 Å². The van der Waals surface area contributed by atoms with Crippen LogP contribution in [0.15, 0.2) is 35.3 Å². The fourth-order valence-electron chi connectivity index (χ4n) is 3.60. The summed E-state index contributed by atoms with van der Waals surface area (Å²) in [6.45, 7) is 2.18. The van der Waals surface area contributed by atoms with Gasteiger partial charge in [0.05, 0.1) is 17.5 Å². The first-order valence-electron chi connectivity index (χ1n) is 10.3. The standard InChI is InChI=1S/C22H23F2N5O3/c1-2-32-21(31)12-11-13(30)15-16(22(25)6-7-22)17(23)20(18(24)19(15)29-12)28-10-9-27-14-5-3-4-8-26-14/h3-5,8,11,28H,2,6-7,9-10,25H2,1H3,(H,26,27)(H,29,30). The number of H-pyrrole nitrogens is 1. The topological polar surface area (TPSA) is 122 Å². The van der Waals surface area contributed by atoms with E-state index in [9.17, 15) is 9.59 Å². The lowest BCUT2D eigenvalue weighted by atomic mass is 9.96. The molecule has 1 saturated carbocycles. The maximum absolute atomic E-state index is 15.4. The van der Waals surface area contributed by atoms with Gasteiger partial charge in [-0.1, -0.05) is 6.07 Å². The minimum Gasteiger partial charge on any atom is -0.461 e. The van der Waals surface area contributed by atoms with Crippen molar-refractivity contribution >= 4 is 28.4 Å². The van der Waals surface area contributed by atoms with Gasteiger partial charge < -0.3 is 26.1 Å². The average molecular weight is 443 g/mol. The van der Waals surface area contributed by atoms with Crippen LogP contribution < -0.4 is 21.8 Å². The van der Waals surface area contributed by atoms with Crippen LogP contribution in [-0.4, -0.2) is 35.6 Å². The van der Waals surface area contributed by atoms with Crippen molar-refractivity contribution in [2.75, 3.05) is 30.3 Å². The predicted octanol–water partition coefficient (Wildman–Crippen LogP) is 2.85. The van der Waals surface area contributed by atoms with Crippen LogP contribution >= 0.6 is 0 Å². The van der Waals surface area contributed by atoms with Gasteiger partial charge in [-0.2, -0.15) is 0 Å². The lowest BCUT2D eigenvalue weighted by Gasteiger charge is -2.19. The van der Waals surface area contributed by atoms with Gasteiger partial charge in [0.25, 0.3) is 0 Å². The highest BCUT2D eigenvalue weighted by Crippen LogP contribution is 2.47. The van der Waals surface area contributed by atoms with Gasteiger partial charge in [-0.3, -0.25) is 4.79 Å². The van der Waals surface area contributed by atoms with Crippen molar-refractivity contribution in [1.82, 2.24) is 9.97 Å². The molecule has 0 unspecified atom stereocenters. The van der Waals surface area contributed by atoms with Crippen LogP contribution in [-0.2, 0) is 10.3 Å². The number of nitrogens with two attached hydrogens (primary N) is 1. The molecule has 0 aliphatic heterocycles. The number of hydrogen-bond acceptors (Lipinski definition) is 7. The van der Waals surface area contributed by atoms with Gasteiger partial charge in [0.2, 0.25) is 0 Å². The fraction of sp³-hybridized carbons (Fsp3) is 0.318. The van der Waals surface area contributed by atoms with Crippen LogP contribution in [0.5, 0.6) is 0 Å². The summed E-state index contributed by atoms with van der Waals surface area (Å²) >= 11 is 0. The summed E-state index contributed by atoms with van der Waals surface area (Å²) in [5, 5.41) is 5.59. The molecule has 0 radical (unpaired) electrons. The van der Waals surface area contributed by atoms with Crippen molar-refractivity contribution in [2.45, 2.75) is 25.3 Å². The zero-order valence-corrected chi connectivity index (χ0v) is 17.4. The molecule has 4 rings (SSSR count). The van der Waals surface area contributed by atoms with Crippen molar-refractivity contribution in [2.24, 2.45) is 5.73 Å². The number of anilines is 2. The van der Waals surface area contributed by atoms with Gasteiger partial charge >= 0.3 is 5.97 Å². The van der Waals surface area contributed by atoms with Gasteiger partial charge in [-0.15, -0.1) is 0 Å². The number of nitrogens with one attached hydrogen (secondary N) is 3. The largest absolute Gasteiger partial charge is 0.461 e. The molecular weight excluding hydrogens is 420 g/mol. The molecule has 0 atom stereocenters. The lowest BCUT2D eigenvalue weighted by Crippen LogP contribution is -2.26. The molecule has 168 valence electrons. The zero-order valence-electron chi connectivity index (χ0n) is 17.4. The molecule has 8 nitrogen and oxygen atoms in total. The van der Waals surface area contributed by atoms with Crippen molar-refractivity contribution in [3.05, 3.63) is 63.6 Å². The van der Waals surface area contributed by atoms with E-state index in [0.29, 0.717) is 25.2 Å². The van der Waals surface area contributed by atoms with E-state index in [1.807, 2.05) is 6.07 Å². The van der Waals surface area contributed by atoms with Crippen LogP contribution in [0.4, 0.5) is 20.3 Å². The highest BCUT2D eigenvalue weighted by molar-refractivity contribution is 5.94. The number of nitrogens with zero attached hydrogens (tertiary/aromatic N) is 1. The number of halogens is 2. The molecule has 32 heavy (non-hydrogen) atoms. The molecule has 3 aromatic rings. The maximum Gasteiger partial charge on any atom is 0.354 e. The number of fused-ring (bicyclic) bond motifs is 1. The molecular formula is C22H23F2N5O3. The molecule has 1 aromatic carbocycles. The first-order chi connectivity index (χ1) is 15.4. The van der Waals surface area contributed by atoms with E-state index in [-0.39, 0.29) is 35.3 Å². The molecule has 2 aromatic heterocycles. The molecule has 1 aliphatic carbocycles. The Hall–Kier alpha value is -3.53. The van der Waals surface area contributed by atoms with E-state index in [0.717, 1.165) is 6.07 Å². The number of ether oxygens (including phenoxy) is 1. The summed E-state index contributed by atoms with van der Waals surface area (Å²) < 4.78 is 35.7. The number of carbonyl (C=O) groups is 1. The Morgan fingerprint density at radius 2 is 2.00 bits per heavy atom. The number of pyridine rings is 2. The van der Waals surface area contributed by atoms with Crippen LogP contribution in [0.1, 0.15) is 35.8 Å². The second kappa shape index (κ2) is 8.54. The summed E-state index contributed by atoms with van der Waals surface area (Å²) in [5.74, 6) is -2.09. The number of esters is 1. The van der Waals surface area contributed by atoms with E-state index < -0.39 is 34.3 Å². The minimum absolute atomic E-state index is 0.0502. The van der Waals surface area contributed by atoms with Crippen molar-refractivity contribution in [3.63, 3.8) is 0 Å². The Kier molecular flexibility index (Phi) is 5.79. The smallest absolute Gasteiger partial charge is 0.354 e. The Morgan fingerprint density at radius 1 is 1.25 bits per heavy atom. The Labute approximate surface area is 182 Å². The molecule has 1 aliphatic rings. The molecule has 0 saturated heterocycles. The second-order valence-electron chi connectivity index (χ2n) is 7.62. The number of benzene rings is 1. The molecule has 0 spiro atoms. The van der Waals surface area contributed by atoms with Crippen molar-refractivity contribution in [3.8, 4) is 0 Å². The number of hydrogen-bond donors (Lipinski definition) is 4. The summed E-state index contributed by atoms with van der Waals surface area (Å²) in [4.78, 5) is 31.6. The Balaban J connectivity index is 1.73. The molecule has 5 N–H and O–H groups in total. The summed E-state index contributed by atoms with van der Waals surface area (Å²) in [6, 6.07) is 6.34. The summed E-state index contributed by atoms with van der Waals surface area (Å²) in [7, 11) is 0. The molecule has 0 bridgehead atoms. The number of aromatic nitrogens is 2. The molecule has 1 fully saturated rings. The highest BCUT2D eigenvalue weighted by Gasteiger charge is 2.45. The summed E-state index contributed by atoms with van der Waals surface area (Å²) in [6.07, 6.45) is 2.55. The fourth-order valence-corrected chi connectivity index (χ4v) is 3.60. The second-order valence-corrected chi connectivity index (χ2v) is 7.62. The Morgan fingerprint density at radius 3 is 2.66 bits per heavy atom. The van der Waals surface area contributed by atoms with Crippen LogP contribution in [0.25, 0.3) is 10.9 Å². The van der Waals surface area contributed by atoms with Crippen LogP contribution in [0.3, 0.4) is 0 Å².